The van der Waals surface area contributed by atoms with Crippen LogP contribution in [-0.2, 0) is 26.9 Å². The third-order valence-corrected chi connectivity index (χ3v) is 6.69. The summed E-state index contributed by atoms with van der Waals surface area (Å²) in [6.45, 7) is 0. The molecule has 0 amide bonds. The van der Waals surface area contributed by atoms with E-state index in [4.69, 9.17) is 0 Å². The van der Waals surface area contributed by atoms with E-state index < -0.39 is 0 Å². The molecule has 0 saturated carbocycles. The summed E-state index contributed by atoms with van der Waals surface area (Å²) in [6.07, 6.45) is 7.39. The van der Waals surface area contributed by atoms with Gasteiger partial charge in [-0.25, -0.2) is 9.78 Å². The molecule has 7 nitrogen and oxygen atoms in total. The average molecular weight is 393 g/mol. The lowest BCUT2D eigenvalue weighted by molar-refractivity contribution is 0.699. The molecule has 0 aliphatic heterocycles. The van der Waals surface area contributed by atoms with Crippen LogP contribution in [0.5, 0.6) is 0 Å². The highest BCUT2D eigenvalue weighted by molar-refractivity contribution is 7.18. The third-order valence-electron chi connectivity index (χ3n) is 5.49. The second-order valence-electron chi connectivity index (χ2n) is 7.18. The largest absolute Gasteiger partial charge is 0.328 e. The van der Waals surface area contributed by atoms with Gasteiger partial charge >= 0.3 is 5.69 Å². The van der Waals surface area contributed by atoms with Crippen molar-refractivity contribution in [3.8, 4) is 0 Å². The van der Waals surface area contributed by atoms with Gasteiger partial charge in [0.2, 0.25) is 0 Å². The second-order valence-corrected chi connectivity index (χ2v) is 8.26. The van der Waals surface area contributed by atoms with E-state index in [1.54, 1.807) is 40.8 Å². The maximum atomic E-state index is 13.0. The lowest BCUT2D eigenvalue weighted by atomic mass is 9.97. The highest BCUT2D eigenvalue weighted by Gasteiger charge is 2.19. The third kappa shape index (κ3) is 2.48. The Bertz CT molecular complexity index is 1390. The van der Waals surface area contributed by atoms with E-state index in [0.717, 1.165) is 51.6 Å². The zero-order chi connectivity index (χ0) is 19.4. The Morgan fingerprint density at radius 3 is 2.75 bits per heavy atom. The van der Waals surface area contributed by atoms with Gasteiger partial charge in [0.25, 0.3) is 5.56 Å². The Morgan fingerprint density at radius 1 is 1.11 bits per heavy atom. The summed E-state index contributed by atoms with van der Waals surface area (Å²) in [7, 11) is 3.49. The number of hydrogen-bond acceptors (Lipinski definition) is 5. The van der Waals surface area contributed by atoms with Crippen LogP contribution in [0.25, 0.3) is 21.3 Å². The monoisotopic (exact) mass is 393 g/mol. The Morgan fingerprint density at radius 2 is 1.89 bits per heavy atom. The molecule has 0 radical (unpaired) electrons. The zero-order valence-electron chi connectivity index (χ0n) is 15.7. The summed E-state index contributed by atoms with van der Waals surface area (Å²) >= 11 is 1.63. The number of aromatic nitrogens is 4. The van der Waals surface area contributed by atoms with Gasteiger partial charge in [-0.3, -0.25) is 13.9 Å². The second kappa shape index (κ2) is 6.27. The van der Waals surface area contributed by atoms with E-state index in [1.165, 1.54) is 22.3 Å². The number of thiophene rings is 1. The fraction of sp³-hybridized carbons (Fsp3) is 0.300. The first-order valence-corrected chi connectivity index (χ1v) is 10.1. The van der Waals surface area contributed by atoms with Crippen molar-refractivity contribution in [2.75, 3.05) is 0 Å². The van der Waals surface area contributed by atoms with Gasteiger partial charge in [0.15, 0.2) is 0 Å². The topological polar surface area (TPSA) is 74.2 Å². The van der Waals surface area contributed by atoms with Crippen molar-refractivity contribution in [2.24, 2.45) is 19.2 Å². The SMILES string of the molecule is Cn1c(=O)n(C)c2cc(/C=N/n3cnc4sc5c(c4c3=O)CCCC5)ccc21. The number of benzene rings is 1. The molecule has 0 bridgehead atoms. The Kier molecular flexibility index (Phi) is 3.83. The van der Waals surface area contributed by atoms with Gasteiger partial charge in [0.1, 0.15) is 11.2 Å². The number of nitrogens with zero attached hydrogens (tertiary/aromatic N) is 5. The van der Waals surface area contributed by atoms with Crippen molar-refractivity contribution in [3.05, 3.63) is 61.4 Å². The van der Waals surface area contributed by atoms with Crippen LogP contribution in [0.1, 0.15) is 28.8 Å². The quantitative estimate of drug-likeness (QED) is 0.491. The molecule has 0 fully saturated rings. The Balaban J connectivity index is 1.58. The van der Waals surface area contributed by atoms with Crippen LogP contribution in [0, 0.1) is 0 Å². The molecular formula is C20H19N5O2S. The first kappa shape index (κ1) is 17.1. The summed E-state index contributed by atoms with van der Waals surface area (Å²) < 4.78 is 4.51. The molecule has 4 aromatic rings. The molecule has 28 heavy (non-hydrogen) atoms. The minimum Gasteiger partial charge on any atom is -0.295 e. The molecule has 8 heteroatoms. The van der Waals surface area contributed by atoms with Crippen molar-refractivity contribution in [2.45, 2.75) is 25.7 Å². The fourth-order valence-corrected chi connectivity index (χ4v) is 5.17. The van der Waals surface area contributed by atoms with Crippen LogP contribution in [0.2, 0.25) is 0 Å². The summed E-state index contributed by atoms with van der Waals surface area (Å²) in [6, 6.07) is 5.66. The number of aryl methyl sites for hydroxylation is 4. The molecule has 0 saturated heterocycles. The van der Waals surface area contributed by atoms with Gasteiger partial charge in [0, 0.05) is 19.0 Å². The zero-order valence-corrected chi connectivity index (χ0v) is 16.5. The van der Waals surface area contributed by atoms with Gasteiger partial charge < -0.3 is 0 Å². The highest BCUT2D eigenvalue weighted by atomic mass is 32.1. The minimum atomic E-state index is -0.117. The van der Waals surface area contributed by atoms with Gasteiger partial charge in [-0.15, -0.1) is 11.3 Å². The van der Waals surface area contributed by atoms with Crippen LogP contribution in [0.15, 0.2) is 39.2 Å². The van der Waals surface area contributed by atoms with Crippen molar-refractivity contribution in [3.63, 3.8) is 0 Å². The maximum absolute atomic E-state index is 13.0. The van der Waals surface area contributed by atoms with Crippen LogP contribution >= 0.6 is 11.3 Å². The van der Waals surface area contributed by atoms with Gasteiger partial charge in [-0.1, -0.05) is 6.07 Å². The van der Waals surface area contributed by atoms with E-state index in [2.05, 4.69) is 10.1 Å². The lowest BCUT2D eigenvalue weighted by Gasteiger charge is -2.09. The van der Waals surface area contributed by atoms with E-state index in [0.29, 0.717) is 0 Å². The molecule has 0 N–H and O–H groups in total. The highest BCUT2D eigenvalue weighted by Crippen LogP contribution is 2.33. The molecule has 3 heterocycles. The fourth-order valence-electron chi connectivity index (χ4n) is 3.95. The molecule has 1 aromatic carbocycles. The van der Waals surface area contributed by atoms with Crippen molar-refractivity contribution < 1.29 is 0 Å². The van der Waals surface area contributed by atoms with E-state index in [-0.39, 0.29) is 11.2 Å². The van der Waals surface area contributed by atoms with Crippen LogP contribution in [0.3, 0.4) is 0 Å². The number of hydrogen-bond donors (Lipinski definition) is 0. The lowest BCUT2D eigenvalue weighted by Crippen LogP contribution is -2.19. The van der Waals surface area contributed by atoms with E-state index in [9.17, 15) is 9.59 Å². The van der Waals surface area contributed by atoms with Gasteiger partial charge in [0.05, 0.1) is 22.6 Å². The molecule has 0 spiro atoms. The smallest absolute Gasteiger partial charge is 0.295 e. The predicted octanol–water partition coefficient (Wildman–Crippen LogP) is 2.41. The molecule has 1 aliphatic rings. The predicted molar refractivity (Wildman–Crippen MR) is 112 cm³/mol. The summed E-state index contributed by atoms with van der Waals surface area (Å²) in [5.74, 6) is 0. The molecule has 0 atom stereocenters. The average Bonchev–Trinajstić information content (AvgIpc) is 3.19. The summed E-state index contributed by atoms with van der Waals surface area (Å²) in [5, 5.41) is 5.07. The van der Waals surface area contributed by atoms with Crippen molar-refractivity contribution in [1.82, 2.24) is 18.8 Å². The van der Waals surface area contributed by atoms with Crippen LogP contribution in [-0.4, -0.2) is 25.0 Å². The van der Waals surface area contributed by atoms with Crippen molar-refractivity contribution >= 4 is 38.8 Å². The molecule has 142 valence electrons. The van der Waals surface area contributed by atoms with Crippen LogP contribution < -0.4 is 11.2 Å². The molecule has 5 rings (SSSR count). The number of imidazole rings is 1. The van der Waals surface area contributed by atoms with E-state index in [1.807, 2.05) is 18.2 Å². The van der Waals surface area contributed by atoms with Crippen LogP contribution in [0.4, 0.5) is 0 Å². The number of fused-ring (bicyclic) bond motifs is 4. The first-order valence-electron chi connectivity index (χ1n) is 9.26. The maximum Gasteiger partial charge on any atom is 0.328 e. The Labute approximate surface area is 164 Å². The van der Waals surface area contributed by atoms with Gasteiger partial charge in [-0.2, -0.15) is 9.78 Å². The molecular weight excluding hydrogens is 374 g/mol. The first-order chi connectivity index (χ1) is 13.5. The van der Waals surface area contributed by atoms with Gasteiger partial charge in [-0.05, 0) is 48.9 Å². The van der Waals surface area contributed by atoms with E-state index >= 15 is 0 Å². The molecule has 3 aromatic heterocycles. The molecule has 0 unspecified atom stereocenters. The van der Waals surface area contributed by atoms with Crippen molar-refractivity contribution in [1.29, 1.82) is 0 Å². The summed E-state index contributed by atoms with van der Waals surface area (Å²) in [5.41, 5.74) is 3.46. The molecule has 1 aliphatic carbocycles. The Hall–Kier alpha value is -3.00. The number of rotatable bonds is 2. The summed E-state index contributed by atoms with van der Waals surface area (Å²) in [4.78, 5) is 31.6. The standard InChI is InChI=1S/C20H19N5O2S/c1-23-14-8-7-12(9-15(14)24(2)20(23)27)10-22-25-11-21-18-17(19(25)26)13-5-3-4-6-16(13)28-18/h7-11H,3-6H2,1-2H3/b22-10+. The normalized spacial score (nSPS) is 14.4. The minimum absolute atomic E-state index is 0.0720.